The van der Waals surface area contributed by atoms with Crippen LogP contribution < -0.4 is 5.32 Å². The fraction of sp³-hybridized carbons (Fsp3) is 0.412. The van der Waals surface area contributed by atoms with E-state index in [2.05, 4.69) is 22.4 Å². The lowest BCUT2D eigenvalue weighted by atomic mass is 10.1. The molecule has 4 nitrogen and oxygen atoms in total. The average molecular weight is 281 g/mol. The number of aliphatic hydroxyl groups excluding tert-OH is 1. The van der Waals surface area contributed by atoms with E-state index in [1.54, 1.807) is 0 Å². The van der Waals surface area contributed by atoms with Gasteiger partial charge in [0, 0.05) is 18.5 Å². The molecule has 2 aromatic rings. The van der Waals surface area contributed by atoms with Crippen molar-refractivity contribution in [2.45, 2.75) is 44.2 Å². The molecule has 2 aliphatic rings. The Morgan fingerprint density at radius 1 is 1.24 bits per heavy atom. The second-order valence-electron chi connectivity index (χ2n) is 6.10. The third kappa shape index (κ3) is 2.29. The van der Waals surface area contributed by atoms with Crippen LogP contribution in [0.25, 0.3) is 0 Å². The molecular formula is C17H19N3O. The molecule has 0 aliphatic heterocycles. The molecule has 108 valence electrons. The molecule has 4 heteroatoms. The number of aryl methyl sites for hydroxylation is 1. The predicted molar refractivity (Wildman–Crippen MR) is 81.3 cm³/mol. The molecule has 1 unspecified atom stereocenters. The van der Waals surface area contributed by atoms with E-state index in [0.29, 0.717) is 12.3 Å². The average Bonchev–Trinajstić information content (AvgIpc) is 3.27. The quantitative estimate of drug-likeness (QED) is 0.908. The van der Waals surface area contributed by atoms with Gasteiger partial charge in [0.2, 0.25) is 0 Å². The third-order valence-corrected chi connectivity index (χ3v) is 4.47. The summed E-state index contributed by atoms with van der Waals surface area (Å²) < 4.78 is 0. The SMILES string of the molecule is Cc1ncc(C2CC2)nc1NC1c2ccccc2C[C@@H]1O. The molecule has 1 aromatic heterocycles. The number of nitrogens with one attached hydrogen (secondary N) is 1. The molecule has 4 rings (SSSR count). The van der Waals surface area contributed by atoms with Crippen LogP contribution in [0.2, 0.25) is 0 Å². The number of hydrogen-bond donors (Lipinski definition) is 2. The third-order valence-electron chi connectivity index (χ3n) is 4.47. The molecule has 1 heterocycles. The summed E-state index contributed by atoms with van der Waals surface area (Å²) in [6.07, 6.45) is 4.60. The van der Waals surface area contributed by atoms with Gasteiger partial charge in [0.15, 0.2) is 0 Å². The van der Waals surface area contributed by atoms with Crippen LogP contribution in [0.1, 0.15) is 47.3 Å². The summed E-state index contributed by atoms with van der Waals surface area (Å²) in [6, 6.07) is 8.11. The van der Waals surface area contributed by atoms with Crippen LogP contribution in [0.15, 0.2) is 30.5 Å². The first-order valence-corrected chi connectivity index (χ1v) is 7.58. The first-order chi connectivity index (χ1) is 10.2. The molecule has 1 saturated carbocycles. The molecule has 1 fully saturated rings. The minimum atomic E-state index is -0.409. The zero-order valence-electron chi connectivity index (χ0n) is 12.1. The van der Waals surface area contributed by atoms with Crippen molar-refractivity contribution in [3.05, 3.63) is 53.0 Å². The largest absolute Gasteiger partial charge is 0.390 e. The Morgan fingerprint density at radius 3 is 2.86 bits per heavy atom. The molecule has 0 bridgehead atoms. The van der Waals surface area contributed by atoms with E-state index < -0.39 is 6.10 Å². The van der Waals surface area contributed by atoms with E-state index in [4.69, 9.17) is 4.98 Å². The summed E-state index contributed by atoms with van der Waals surface area (Å²) in [5.74, 6) is 1.39. The number of aromatic nitrogens is 2. The fourth-order valence-corrected chi connectivity index (χ4v) is 3.07. The Kier molecular flexibility index (Phi) is 2.93. The van der Waals surface area contributed by atoms with E-state index in [1.165, 1.54) is 24.0 Å². The number of rotatable bonds is 3. The highest BCUT2D eigenvalue weighted by atomic mass is 16.3. The van der Waals surface area contributed by atoms with Crippen LogP contribution in [0.4, 0.5) is 5.82 Å². The van der Waals surface area contributed by atoms with Crippen molar-refractivity contribution in [2.24, 2.45) is 0 Å². The van der Waals surface area contributed by atoms with Crippen molar-refractivity contribution in [1.29, 1.82) is 0 Å². The molecule has 21 heavy (non-hydrogen) atoms. The van der Waals surface area contributed by atoms with Crippen LogP contribution in [0.5, 0.6) is 0 Å². The Labute approximate surface area is 124 Å². The molecule has 2 N–H and O–H groups in total. The number of aliphatic hydroxyl groups is 1. The maximum atomic E-state index is 10.3. The minimum absolute atomic E-state index is 0.0938. The van der Waals surface area contributed by atoms with Crippen molar-refractivity contribution in [2.75, 3.05) is 5.32 Å². The monoisotopic (exact) mass is 281 g/mol. The zero-order chi connectivity index (χ0) is 14.4. The van der Waals surface area contributed by atoms with Crippen molar-refractivity contribution < 1.29 is 5.11 Å². The van der Waals surface area contributed by atoms with Gasteiger partial charge in [-0.2, -0.15) is 0 Å². The van der Waals surface area contributed by atoms with E-state index in [9.17, 15) is 5.11 Å². The van der Waals surface area contributed by atoms with Gasteiger partial charge in [0.25, 0.3) is 0 Å². The van der Waals surface area contributed by atoms with Crippen LogP contribution in [-0.2, 0) is 6.42 Å². The molecule has 0 amide bonds. The fourth-order valence-electron chi connectivity index (χ4n) is 3.07. The maximum absolute atomic E-state index is 10.3. The minimum Gasteiger partial charge on any atom is -0.390 e. The van der Waals surface area contributed by atoms with Gasteiger partial charge in [-0.15, -0.1) is 0 Å². The standard InChI is InChI=1S/C17H19N3O/c1-10-17(19-14(9-18-10)11-6-7-11)20-16-13-5-3-2-4-12(13)8-15(16)21/h2-5,9,11,15-16,21H,6-8H2,1H3,(H,19,20)/t15-,16?/m0/s1. The first-order valence-electron chi connectivity index (χ1n) is 7.58. The van der Waals surface area contributed by atoms with Crippen molar-refractivity contribution in [3.63, 3.8) is 0 Å². The summed E-state index contributed by atoms with van der Waals surface area (Å²) in [6.45, 7) is 1.96. The van der Waals surface area contributed by atoms with E-state index >= 15 is 0 Å². The maximum Gasteiger partial charge on any atom is 0.148 e. The second kappa shape index (κ2) is 4.81. The van der Waals surface area contributed by atoms with Gasteiger partial charge in [-0.1, -0.05) is 24.3 Å². The summed E-state index contributed by atoms with van der Waals surface area (Å²) in [7, 11) is 0. The lowest BCUT2D eigenvalue weighted by molar-refractivity contribution is 0.165. The van der Waals surface area contributed by atoms with Crippen molar-refractivity contribution in [1.82, 2.24) is 9.97 Å². The highest BCUT2D eigenvalue weighted by Crippen LogP contribution is 2.40. The summed E-state index contributed by atoms with van der Waals surface area (Å²) in [5.41, 5.74) is 4.34. The molecular weight excluding hydrogens is 262 g/mol. The molecule has 2 atom stereocenters. The zero-order valence-corrected chi connectivity index (χ0v) is 12.1. The van der Waals surface area contributed by atoms with Crippen LogP contribution in [0, 0.1) is 6.92 Å². The summed E-state index contributed by atoms with van der Waals surface area (Å²) in [5, 5.41) is 13.8. The number of fused-ring (bicyclic) bond motifs is 1. The molecule has 2 aliphatic carbocycles. The van der Waals surface area contributed by atoms with Gasteiger partial charge in [-0.05, 0) is 30.9 Å². The highest BCUT2D eigenvalue weighted by molar-refractivity contribution is 5.47. The summed E-state index contributed by atoms with van der Waals surface area (Å²) in [4.78, 5) is 9.18. The highest BCUT2D eigenvalue weighted by Gasteiger charge is 2.32. The molecule has 1 aromatic carbocycles. The Morgan fingerprint density at radius 2 is 2.05 bits per heavy atom. The van der Waals surface area contributed by atoms with Gasteiger partial charge in [-0.3, -0.25) is 4.98 Å². The number of nitrogens with zero attached hydrogens (tertiary/aromatic N) is 2. The summed E-state index contributed by atoms with van der Waals surface area (Å²) >= 11 is 0. The second-order valence-corrected chi connectivity index (χ2v) is 6.10. The normalized spacial score (nSPS) is 23.9. The molecule has 0 saturated heterocycles. The van der Waals surface area contributed by atoms with Gasteiger partial charge >= 0.3 is 0 Å². The Balaban J connectivity index is 1.65. The number of hydrogen-bond acceptors (Lipinski definition) is 4. The van der Waals surface area contributed by atoms with Crippen LogP contribution in [0.3, 0.4) is 0 Å². The van der Waals surface area contributed by atoms with Gasteiger partial charge in [0.1, 0.15) is 5.82 Å². The van der Waals surface area contributed by atoms with Crippen LogP contribution in [-0.4, -0.2) is 21.2 Å². The topological polar surface area (TPSA) is 58.0 Å². The van der Waals surface area contributed by atoms with Crippen LogP contribution >= 0.6 is 0 Å². The number of anilines is 1. The van der Waals surface area contributed by atoms with Crippen molar-refractivity contribution >= 4 is 5.82 Å². The lowest BCUT2D eigenvalue weighted by Crippen LogP contribution is -2.22. The molecule has 0 radical (unpaired) electrons. The first kappa shape index (κ1) is 12.8. The Hall–Kier alpha value is -1.94. The number of benzene rings is 1. The van der Waals surface area contributed by atoms with Gasteiger partial charge in [-0.25, -0.2) is 4.98 Å². The predicted octanol–water partition coefficient (Wildman–Crippen LogP) is 2.73. The van der Waals surface area contributed by atoms with E-state index in [1.807, 2.05) is 25.3 Å². The lowest BCUT2D eigenvalue weighted by Gasteiger charge is -2.20. The smallest absolute Gasteiger partial charge is 0.148 e. The Bertz CT molecular complexity index is 681. The van der Waals surface area contributed by atoms with Gasteiger partial charge < -0.3 is 10.4 Å². The van der Waals surface area contributed by atoms with Gasteiger partial charge in [0.05, 0.1) is 23.5 Å². The van der Waals surface area contributed by atoms with E-state index in [0.717, 1.165) is 17.2 Å². The van der Waals surface area contributed by atoms with E-state index in [-0.39, 0.29) is 6.04 Å². The molecule has 0 spiro atoms. The van der Waals surface area contributed by atoms with Crippen molar-refractivity contribution in [3.8, 4) is 0 Å².